The van der Waals surface area contributed by atoms with Crippen LogP contribution >= 0.6 is 23.2 Å². The maximum Gasteiger partial charge on any atom is 0.126 e. The topological polar surface area (TPSA) is 15.3 Å². The van der Waals surface area contributed by atoms with Gasteiger partial charge in [0.05, 0.1) is 15.7 Å². The van der Waals surface area contributed by atoms with E-state index in [4.69, 9.17) is 23.2 Å². The van der Waals surface area contributed by atoms with Crippen LogP contribution in [0.5, 0.6) is 0 Å². The average Bonchev–Trinajstić information content (AvgIpc) is 2.61. The number of nitrogens with zero attached hydrogens (tertiary/aromatic N) is 1. The molecule has 0 aromatic heterocycles. The summed E-state index contributed by atoms with van der Waals surface area (Å²) in [5.41, 5.74) is 0.948. The Balaban J connectivity index is 1.90. The number of rotatable bonds is 1. The van der Waals surface area contributed by atoms with Crippen molar-refractivity contribution in [2.75, 3.05) is 24.5 Å². The Kier molecular flexibility index (Phi) is 4.63. The molecule has 2 nitrogen and oxygen atoms in total. The molecule has 1 aliphatic carbocycles. The summed E-state index contributed by atoms with van der Waals surface area (Å²) in [6.45, 7) is 2.82. The van der Waals surface area contributed by atoms with Crippen LogP contribution in [0.15, 0.2) is 12.1 Å². The van der Waals surface area contributed by atoms with E-state index in [0.29, 0.717) is 10.0 Å². The number of nitrogens with one attached hydrogen (secondary N) is 1. The number of hydrogen-bond acceptors (Lipinski definition) is 2. The molecule has 116 valence electrons. The van der Waals surface area contributed by atoms with Crippen LogP contribution < -0.4 is 10.2 Å². The van der Waals surface area contributed by atoms with Crippen LogP contribution in [0.4, 0.5) is 10.1 Å². The van der Waals surface area contributed by atoms with Gasteiger partial charge in [-0.25, -0.2) is 4.39 Å². The number of anilines is 1. The lowest BCUT2D eigenvalue weighted by Gasteiger charge is -2.41. The monoisotopic (exact) mass is 330 g/mol. The molecule has 1 heterocycles. The van der Waals surface area contributed by atoms with Crippen molar-refractivity contribution in [2.45, 2.75) is 44.1 Å². The molecule has 3 rings (SSSR count). The zero-order valence-electron chi connectivity index (χ0n) is 12.1. The van der Waals surface area contributed by atoms with E-state index in [-0.39, 0.29) is 11.4 Å². The normalized spacial score (nSPS) is 22.3. The lowest BCUT2D eigenvalue weighted by Crippen LogP contribution is -2.52. The summed E-state index contributed by atoms with van der Waals surface area (Å²) in [4.78, 5) is 2.25. The van der Waals surface area contributed by atoms with Gasteiger partial charge in [-0.1, -0.05) is 42.5 Å². The Labute approximate surface area is 135 Å². The molecule has 5 heteroatoms. The third-order valence-electron chi connectivity index (χ3n) is 4.71. The van der Waals surface area contributed by atoms with Crippen molar-refractivity contribution in [1.82, 2.24) is 5.32 Å². The molecule has 0 bridgehead atoms. The first-order valence-electron chi connectivity index (χ1n) is 7.74. The molecular weight excluding hydrogens is 310 g/mol. The predicted octanol–water partition coefficient (Wildman–Crippen LogP) is 4.64. The lowest BCUT2D eigenvalue weighted by molar-refractivity contribution is 0.246. The van der Waals surface area contributed by atoms with Crippen LogP contribution in [0.1, 0.15) is 38.5 Å². The molecular formula is C16H21Cl2FN2. The smallest absolute Gasteiger partial charge is 0.126 e. The molecule has 21 heavy (non-hydrogen) atoms. The van der Waals surface area contributed by atoms with Crippen molar-refractivity contribution >= 4 is 28.9 Å². The second-order valence-electron chi connectivity index (χ2n) is 6.26. The Hall–Kier alpha value is -0.510. The van der Waals surface area contributed by atoms with E-state index in [0.717, 1.165) is 31.7 Å². The van der Waals surface area contributed by atoms with E-state index in [1.807, 2.05) is 0 Å². The third-order valence-corrected chi connectivity index (χ3v) is 5.28. The molecule has 1 saturated heterocycles. The summed E-state index contributed by atoms with van der Waals surface area (Å²) >= 11 is 12.5. The maximum absolute atomic E-state index is 13.4. The van der Waals surface area contributed by atoms with Gasteiger partial charge in [0.1, 0.15) is 5.82 Å². The van der Waals surface area contributed by atoms with Crippen LogP contribution in [0.3, 0.4) is 0 Å². The van der Waals surface area contributed by atoms with Crippen LogP contribution in [-0.4, -0.2) is 25.2 Å². The van der Waals surface area contributed by atoms with Gasteiger partial charge in [-0.3, -0.25) is 0 Å². The van der Waals surface area contributed by atoms with Crippen molar-refractivity contribution in [3.05, 3.63) is 28.0 Å². The summed E-state index contributed by atoms with van der Waals surface area (Å²) in [6, 6.07) is 2.71. The molecule has 1 N–H and O–H groups in total. The molecule has 0 amide bonds. The first kappa shape index (κ1) is 15.4. The average molecular weight is 331 g/mol. The molecule has 1 aromatic carbocycles. The van der Waals surface area contributed by atoms with Crippen molar-refractivity contribution in [1.29, 1.82) is 0 Å². The fourth-order valence-corrected chi connectivity index (χ4v) is 4.41. The molecule has 1 spiro atoms. The standard InChI is InChI=1S/C16H21Cl2FN2/c17-13-9-12(19)10-14(18)15(13)21-8-4-7-20-16(11-21)5-2-1-3-6-16/h9-10,20H,1-8,11H2. The molecule has 1 aliphatic heterocycles. The van der Waals surface area contributed by atoms with E-state index in [2.05, 4.69) is 10.2 Å². The number of halogens is 3. The van der Waals surface area contributed by atoms with E-state index in [1.165, 1.54) is 44.2 Å². The fourth-order valence-electron chi connectivity index (χ4n) is 3.71. The highest BCUT2D eigenvalue weighted by atomic mass is 35.5. The molecule has 0 unspecified atom stereocenters. The van der Waals surface area contributed by atoms with Crippen LogP contribution in [0.2, 0.25) is 10.0 Å². The largest absolute Gasteiger partial charge is 0.367 e. The molecule has 2 fully saturated rings. The van der Waals surface area contributed by atoms with E-state index < -0.39 is 0 Å². The Morgan fingerprint density at radius 1 is 1.05 bits per heavy atom. The summed E-state index contributed by atoms with van der Waals surface area (Å²) < 4.78 is 13.4. The van der Waals surface area contributed by atoms with Gasteiger partial charge in [-0.15, -0.1) is 0 Å². The number of hydrogen-bond donors (Lipinski definition) is 1. The van der Waals surface area contributed by atoms with Crippen LogP contribution in [-0.2, 0) is 0 Å². The number of benzene rings is 1. The Morgan fingerprint density at radius 3 is 2.38 bits per heavy atom. The van der Waals surface area contributed by atoms with E-state index >= 15 is 0 Å². The van der Waals surface area contributed by atoms with Gasteiger partial charge in [-0.05, 0) is 37.9 Å². The first-order valence-corrected chi connectivity index (χ1v) is 8.50. The van der Waals surface area contributed by atoms with Crippen molar-refractivity contribution in [3.63, 3.8) is 0 Å². The van der Waals surface area contributed by atoms with Gasteiger partial charge in [-0.2, -0.15) is 0 Å². The first-order chi connectivity index (χ1) is 10.1. The van der Waals surface area contributed by atoms with Gasteiger partial charge in [0.2, 0.25) is 0 Å². The molecule has 1 aromatic rings. The minimum atomic E-state index is -0.380. The molecule has 0 radical (unpaired) electrons. The third kappa shape index (κ3) is 3.30. The Morgan fingerprint density at radius 2 is 1.71 bits per heavy atom. The van der Waals surface area contributed by atoms with Crippen molar-refractivity contribution < 1.29 is 4.39 Å². The summed E-state index contributed by atoms with van der Waals surface area (Å²) in [7, 11) is 0. The molecule has 2 aliphatic rings. The minimum absolute atomic E-state index is 0.162. The quantitative estimate of drug-likeness (QED) is 0.807. The van der Waals surface area contributed by atoms with Crippen LogP contribution in [0.25, 0.3) is 0 Å². The highest BCUT2D eigenvalue weighted by Gasteiger charge is 2.35. The van der Waals surface area contributed by atoms with E-state index in [1.54, 1.807) is 0 Å². The highest BCUT2D eigenvalue weighted by molar-refractivity contribution is 6.39. The van der Waals surface area contributed by atoms with Crippen molar-refractivity contribution in [3.8, 4) is 0 Å². The van der Waals surface area contributed by atoms with E-state index in [9.17, 15) is 4.39 Å². The summed E-state index contributed by atoms with van der Waals surface area (Å²) in [6.07, 6.45) is 7.30. The minimum Gasteiger partial charge on any atom is -0.367 e. The zero-order valence-corrected chi connectivity index (χ0v) is 13.6. The summed E-state index contributed by atoms with van der Waals surface area (Å²) in [5, 5.41) is 4.57. The molecule has 1 saturated carbocycles. The predicted molar refractivity (Wildman–Crippen MR) is 87.1 cm³/mol. The summed E-state index contributed by atoms with van der Waals surface area (Å²) in [5.74, 6) is -0.380. The second kappa shape index (κ2) is 6.31. The van der Waals surface area contributed by atoms with Gasteiger partial charge in [0.15, 0.2) is 0 Å². The second-order valence-corrected chi connectivity index (χ2v) is 7.08. The van der Waals surface area contributed by atoms with Crippen molar-refractivity contribution in [2.24, 2.45) is 0 Å². The lowest BCUT2D eigenvalue weighted by atomic mass is 9.81. The molecule has 0 atom stereocenters. The Bertz CT molecular complexity index is 492. The SMILES string of the molecule is Fc1cc(Cl)c(N2CCCNC3(CCCCC3)C2)c(Cl)c1. The van der Waals surface area contributed by atoms with Gasteiger partial charge in [0.25, 0.3) is 0 Å². The van der Waals surface area contributed by atoms with Gasteiger partial charge in [0, 0.05) is 18.6 Å². The van der Waals surface area contributed by atoms with Gasteiger partial charge >= 0.3 is 0 Å². The van der Waals surface area contributed by atoms with Crippen LogP contribution in [0, 0.1) is 5.82 Å². The maximum atomic E-state index is 13.4. The fraction of sp³-hybridized carbons (Fsp3) is 0.625. The highest BCUT2D eigenvalue weighted by Crippen LogP contribution is 2.38. The van der Waals surface area contributed by atoms with Gasteiger partial charge < -0.3 is 10.2 Å². The zero-order chi connectivity index (χ0) is 14.9.